The van der Waals surface area contributed by atoms with Gasteiger partial charge in [0.15, 0.2) is 0 Å². The largest absolute Gasteiger partial charge is 0.349 e. The number of carbonyl (C=O) groups is 2. The first-order valence-electron chi connectivity index (χ1n) is 6.97. The zero-order chi connectivity index (χ0) is 17.0. The highest BCUT2D eigenvalue weighted by atomic mass is 32.2. The van der Waals surface area contributed by atoms with Crippen LogP contribution in [-0.2, 0) is 20.6 Å². The monoisotopic (exact) mass is 376 g/mol. The average Bonchev–Trinajstić information content (AvgIpc) is 2.99. The third-order valence-corrected chi connectivity index (χ3v) is 7.98. The van der Waals surface area contributed by atoms with E-state index in [1.54, 1.807) is 13.8 Å². The van der Waals surface area contributed by atoms with Gasteiger partial charge in [-0.25, -0.2) is 0 Å². The average molecular weight is 376 g/mol. The van der Waals surface area contributed by atoms with Crippen LogP contribution in [0.5, 0.6) is 0 Å². The molecule has 0 bridgehead atoms. The zero-order valence-electron chi connectivity index (χ0n) is 12.5. The lowest BCUT2D eigenvalue weighted by atomic mass is 10.0. The molecule has 0 radical (unpaired) electrons. The molecule has 0 aromatic carbocycles. The summed E-state index contributed by atoms with van der Waals surface area (Å²) in [6, 6.07) is 1.12. The Morgan fingerprint density at radius 2 is 2.17 bits per heavy atom. The molecule has 2 saturated heterocycles. The van der Waals surface area contributed by atoms with Crippen LogP contribution in [0.4, 0.5) is 0 Å². The van der Waals surface area contributed by atoms with Gasteiger partial charge in [-0.1, -0.05) is 0 Å². The summed E-state index contributed by atoms with van der Waals surface area (Å²) in [4.78, 5) is 44.7. The third kappa shape index (κ3) is 2.96. The van der Waals surface area contributed by atoms with E-state index in [1.165, 1.54) is 28.0 Å². The maximum atomic E-state index is 12.3. The Morgan fingerprint density at radius 1 is 1.48 bits per heavy atom. The van der Waals surface area contributed by atoms with Crippen LogP contribution in [0.1, 0.15) is 19.4 Å². The van der Waals surface area contributed by atoms with E-state index >= 15 is 0 Å². The fourth-order valence-corrected chi connectivity index (χ4v) is 7.34. The van der Waals surface area contributed by atoms with E-state index < -0.39 is 35.4 Å². The number of thiophene rings is 1. The Morgan fingerprint density at radius 3 is 2.74 bits per heavy atom. The Hall–Kier alpha value is -0.860. The Bertz CT molecular complexity index is 687. The molecule has 2 amide bonds. The number of rotatable bonds is 4. The second-order valence-electron chi connectivity index (χ2n) is 6.17. The summed E-state index contributed by atoms with van der Waals surface area (Å²) in [6.07, 6.45) is 0.190. The molecule has 1 aromatic heterocycles. The van der Waals surface area contributed by atoms with Crippen LogP contribution in [0.2, 0.25) is 0 Å². The van der Waals surface area contributed by atoms with E-state index in [4.69, 9.17) is 0 Å². The fraction of sp³-hybridized carbons (Fsp3) is 0.538. The maximum absolute atomic E-state index is 12.3. The number of nitrogens with zero attached hydrogens (tertiary/aromatic N) is 1. The molecule has 0 aliphatic carbocycles. The summed E-state index contributed by atoms with van der Waals surface area (Å²) in [6.45, 7) is 3.41. The first-order valence-corrected chi connectivity index (χ1v) is 10.5. The van der Waals surface area contributed by atoms with Crippen molar-refractivity contribution in [2.45, 2.75) is 42.2 Å². The van der Waals surface area contributed by atoms with Crippen LogP contribution in [0, 0.1) is 0 Å². The van der Waals surface area contributed by atoms with E-state index in [0.29, 0.717) is 0 Å². The Balaban J connectivity index is 1.70. The van der Waals surface area contributed by atoms with Crippen molar-refractivity contribution >= 4 is 42.5 Å². The molecule has 2 unspecified atom stereocenters. The van der Waals surface area contributed by atoms with E-state index in [9.17, 15) is 23.9 Å². The summed E-state index contributed by atoms with van der Waals surface area (Å²) in [5, 5.41) is 6.00. The number of fused-ring (bicyclic) bond motifs is 1. The minimum absolute atomic E-state index is 0.190. The van der Waals surface area contributed by atoms with Crippen molar-refractivity contribution in [3.63, 3.8) is 0 Å². The molecule has 2 aliphatic rings. The summed E-state index contributed by atoms with van der Waals surface area (Å²) in [7, 11) is -4.45. The van der Waals surface area contributed by atoms with Crippen LogP contribution in [0.3, 0.4) is 0 Å². The molecule has 3 rings (SSSR count). The van der Waals surface area contributed by atoms with Crippen LogP contribution < -0.4 is 5.32 Å². The van der Waals surface area contributed by atoms with Gasteiger partial charge in [0.1, 0.15) is 17.2 Å². The lowest BCUT2D eigenvalue weighted by Gasteiger charge is -2.44. The van der Waals surface area contributed by atoms with E-state index in [0.717, 1.165) is 5.56 Å². The minimum atomic E-state index is -4.45. The predicted octanol–water partition coefficient (Wildman–Crippen LogP) is 0.973. The van der Waals surface area contributed by atoms with Crippen molar-refractivity contribution in [2.75, 3.05) is 0 Å². The highest BCUT2D eigenvalue weighted by Gasteiger charge is 2.66. The minimum Gasteiger partial charge on any atom is -0.341 e. The standard InChI is InChI=1S/C13H17N2O5PS2/c1-13(2)12(21(18,19)20)15-10(17)9(11(15)23-13)14-8(16)5-7-3-4-22-6-7/h3-4,6,9,11-12H,5H2,1-2H3,(H,14,16)(H2,18,19,20)/t9?,11-,12?/m0/s1. The van der Waals surface area contributed by atoms with Crippen LogP contribution in [0.25, 0.3) is 0 Å². The van der Waals surface area contributed by atoms with Crippen molar-refractivity contribution in [1.29, 1.82) is 0 Å². The Labute approximate surface area is 141 Å². The first-order chi connectivity index (χ1) is 10.6. The van der Waals surface area contributed by atoms with Crippen LogP contribution in [0.15, 0.2) is 16.8 Å². The lowest BCUT2D eigenvalue weighted by molar-refractivity contribution is -0.149. The van der Waals surface area contributed by atoms with Crippen molar-refractivity contribution in [3.8, 4) is 0 Å². The Kier molecular flexibility index (Phi) is 4.13. The number of amides is 2. The fourth-order valence-electron chi connectivity index (χ4n) is 3.08. The number of β-lactam (4-membered cyclic amide) rings is 1. The molecule has 0 saturated carbocycles. The van der Waals surface area contributed by atoms with Gasteiger partial charge in [-0.2, -0.15) is 11.3 Å². The van der Waals surface area contributed by atoms with E-state index in [-0.39, 0.29) is 12.3 Å². The van der Waals surface area contributed by atoms with Crippen molar-refractivity contribution in [3.05, 3.63) is 22.4 Å². The quantitative estimate of drug-likeness (QED) is 0.534. The highest BCUT2D eigenvalue weighted by Crippen LogP contribution is 2.62. The predicted molar refractivity (Wildman–Crippen MR) is 88.1 cm³/mol. The molecule has 3 heterocycles. The van der Waals surface area contributed by atoms with Gasteiger partial charge in [0.05, 0.1) is 6.42 Å². The van der Waals surface area contributed by atoms with E-state index in [1.807, 2.05) is 16.8 Å². The number of hydrogen-bond acceptors (Lipinski definition) is 5. The molecular formula is C13H17N2O5PS2. The molecule has 3 N–H and O–H groups in total. The number of nitrogens with one attached hydrogen (secondary N) is 1. The normalized spacial score (nSPS) is 29.1. The van der Waals surface area contributed by atoms with Crippen LogP contribution in [-0.4, -0.2) is 48.4 Å². The lowest BCUT2D eigenvalue weighted by Crippen LogP contribution is -2.69. The van der Waals surface area contributed by atoms with Crippen molar-refractivity contribution in [2.24, 2.45) is 0 Å². The number of thioether (sulfide) groups is 1. The summed E-state index contributed by atoms with van der Waals surface area (Å²) < 4.78 is 11.0. The van der Waals surface area contributed by atoms with Crippen molar-refractivity contribution in [1.82, 2.24) is 10.2 Å². The zero-order valence-corrected chi connectivity index (χ0v) is 15.0. The molecule has 23 heavy (non-hydrogen) atoms. The molecule has 126 valence electrons. The molecule has 2 aliphatic heterocycles. The summed E-state index contributed by atoms with van der Waals surface area (Å²) in [5.41, 5.74) is 0.878. The van der Waals surface area contributed by atoms with Crippen molar-refractivity contribution < 1.29 is 23.9 Å². The van der Waals surface area contributed by atoms with Gasteiger partial charge in [0.25, 0.3) is 0 Å². The van der Waals surface area contributed by atoms with E-state index in [2.05, 4.69) is 5.32 Å². The first kappa shape index (κ1) is 17.0. The number of hydrogen-bond donors (Lipinski definition) is 3. The summed E-state index contributed by atoms with van der Waals surface area (Å²) in [5.74, 6) is -1.85. The second-order valence-corrected chi connectivity index (χ2v) is 10.4. The smallest absolute Gasteiger partial charge is 0.341 e. The second kappa shape index (κ2) is 5.60. The highest BCUT2D eigenvalue weighted by molar-refractivity contribution is 8.02. The molecule has 10 heteroatoms. The van der Waals surface area contributed by atoms with Gasteiger partial charge < -0.3 is 20.0 Å². The summed E-state index contributed by atoms with van der Waals surface area (Å²) >= 11 is 2.81. The van der Waals surface area contributed by atoms with Gasteiger partial charge >= 0.3 is 7.60 Å². The topological polar surface area (TPSA) is 107 Å². The molecule has 2 fully saturated rings. The van der Waals surface area contributed by atoms with Crippen LogP contribution >= 0.6 is 30.7 Å². The third-order valence-electron chi connectivity index (χ3n) is 3.97. The van der Waals surface area contributed by atoms with Gasteiger partial charge in [0, 0.05) is 4.75 Å². The molecule has 3 atom stereocenters. The van der Waals surface area contributed by atoms with Gasteiger partial charge in [-0.05, 0) is 36.2 Å². The SMILES string of the molecule is CC1(C)S[C@H]2C(NC(=O)Cc3ccsc3)C(=O)N2C1P(=O)(O)O. The van der Waals surface area contributed by atoms with Gasteiger partial charge in [0.2, 0.25) is 11.8 Å². The van der Waals surface area contributed by atoms with Gasteiger partial charge in [-0.3, -0.25) is 14.2 Å². The molecule has 7 nitrogen and oxygen atoms in total. The van der Waals surface area contributed by atoms with Gasteiger partial charge in [-0.15, -0.1) is 11.8 Å². The molecule has 1 aromatic rings. The molecular weight excluding hydrogens is 359 g/mol. The molecule has 0 spiro atoms. The maximum Gasteiger partial charge on any atom is 0.349 e. The number of carbonyl (C=O) groups excluding carboxylic acids is 2.